The molecule has 0 bridgehead atoms. The Bertz CT molecular complexity index is 720. The molecule has 3 aromatic rings. The zero-order valence-corrected chi connectivity index (χ0v) is 11.8. The molecule has 0 atom stereocenters. The number of rotatable bonds is 5. The van der Waals surface area contributed by atoms with Gasteiger partial charge in [-0.2, -0.15) is 0 Å². The van der Waals surface area contributed by atoms with Crippen LogP contribution in [0.1, 0.15) is 11.1 Å². The molecule has 0 aromatic heterocycles. The van der Waals surface area contributed by atoms with E-state index in [9.17, 15) is 5.11 Å². The van der Waals surface area contributed by atoms with Crippen LogP contribution in [0.2, 0.25) is 0 Å². The highest BCUT2D eigenvalue weighted by Gasteiger charge is 2.07. The molecule has 2 nitrogen and oxygen atoms in total. The zero-order valence-electron chi connectivity index (χ0n) is 11.8. The van der Waals surface area contributed by atoms with Gasteiger partial charge in [-0.3, -0.25) is 0 Å². The predicted molar refractivity (Wildman–Crippen MR) is 85.5 cm³/mol. The highest BCUT2D eigenvalue weighted by molar-refractivity contribution is 5.87. The van der Waals surface area contributed by atoms with E-state index in [1.165, 1.54) is 5.56 Å². The van der Waals surface area contributed by atoms with Crippen molar-refractivity contribution >= 4 is 10.8 Å². The Morgan fingerprint density at radius 1 is 0.810 bits per heavy atom. The van der Waals surface area contributed by atoms with E-state index >= 15 is 0 Å². The van der Waals surface area contributed by atoms with Gasteiger partial charge in [-0.1, -0.05) is 60.7 Å². The Morgan fingerprint density at radius 2 is 1.57 bits per heavy atom. The molecule has 0 aliphatic rings. The lowest BCUT2D eigenvalue weighted by molar-refractivity contribution is 0.265. The largest absolute Gasteiger partial charge is 0.493 e. The molecule has 0 aliphatic heterocycles. The quantitative estimate of drug-likeness (QED) is 0.765. The molecule has 0 heterocycles. The van der Waals surface area contributed by atoms with Gasteiger partial charge in [0.25, 0.3) is 0 Å². The van der Waals surface area contributed by atoms with Gasteiger partial charge in [0.2, 0.25) is 0 Å². The Hall–Kier alpha value is -2.32. The van der Waals surface area contributed by atoms with Crippen LogP contribution in [0.4, 0.5) is 0 Å². The summed E-state index contributed by atoms with van der Waals surface area (Å²) in [6.07, 6.45) is 0.860. The van der Waals surface area contributed by atoms with Crippen LogP contribution in [0.3, 0.4) is 0 Å². The van der Waals surface area contributed by atoms with E-state index in [-0.39, 0.29) is 6.61 Å². The zero-order chi connectivity index (χ0) is 14.5. The summed E-state index contributed by atoms with van der Waals surface area (Å²) in [5.41, 5.74) is 2.12. The van der Waals surface area contributed by atoms with Crippen LogP contribution in [-0.2, 0) is 13.0 Å². The summed E-state index contributed by atoms with van der Waals surface area (Å²) in [4.78, 5) is 0. The van der Waals surface area contributed by atoms with Crippen molar-refractivity contribution in [2.75, 3.05) is 6.61 Å². The van der Waals surface area contributed by atoms with Gasteiger partial charge in [0.05, 0.1) is 13.2 Å². The monoisotopic (exact) mass is 278 g/mol. The summed E-state index contributed by atoms with van der Waals surface area (Å²) >= 11 is 0. The second kappa shape index (κ2) is 6.42. The van der Waals surface area contributed by atoms with Crippen molar-refractivity contribution in [1.82, 2.24) is 0 Å². The van der Waals surface area contributed by atoms with Gasteiger partial charge in [0.1, 0.15) is 5.75 Å². The number of fused-ring (bicyclic) bond motifs is 1. The summed E-state index contributed by atoms with van der Waals surface area (Å²) in [7, 11) is 0. The molecule has 0 radical (unpaired) electrons. The SMILES string of the molecule is OCc1c(OCCc2ccccc2)ccc2ccccc12. The van der Waals surface area contributed by atoms with Crippen LogP contribution in [0.25, 0.3) is 10.8 Å². The third-order valence-electron chi connectivity index (χ3n) is 3.65. The van der Waals surface area contributed by atoms with E-state index in [1.54, 1.807) is 0 Å². The second-order valence-electron chi connectivity index (χ2n) is 5.01. The molecule has 0 saturated carbocycles. The first kappa shape index (κ1) is 13.7. The van der Waals surface area contributed by atoms with Crippen molar-refractivity contribution in [3.05, 3.63) is 77.9 Å². The first-order valence-electron chi connectivity index (χ1n) is 7.16. The van der Waals surface area contributed by atoms with Crippen molar-refractivity contribution in [3.8, 4) is 5.75 Å². The predicted octanol–water partition coefficient (Wildman–Crippen LogP) is 3.95. The van der Waals surface area contributed by atoms with Crippen molar-refractivity contribution in [3.63, 3.8) is 0 Å². The van der Waals surface area contributed by atoms with E-state index in [0.29, 0.717) is 6.61 Å². The summed E-state index contributed by atoms with van der Waals surface area (Å²) in [5, 5.41) is 11.8. The molecule has 0 spiro atoms. The van der Waals surface area contributed by atoms with Crippen LogP contribution in [0.5, 0.6) is 5.75 Å². The Labute approximate surface area is 124 Å². The fourth-order valence-electron chi connectivity index (χ4n) is 2.54. The molecule has 1 N–H and O–H groups in total. The summed E-state index contributed by atoms with van der Waals surface area (Å²) in [5.74, 6) is 0.770. The molecule has 2 heteroatoms. The molecular formula is C19H18O2. The topological polar surface area (TPSA) is 29.5 Å². The average molecular weight is 278 g/mol. The van der Waals surface area contributed by atoms with Crippen LogP contribution in [-0.4, -0.2) is 11.7 Å². The van der Waals surface area contributed by atoms with Gasteiger partial charge in [0, 0.05) is 12.0 Å². The summed E-state index contributed by atoms with van der Waals surface area (Å²) in [6, 6.07) is 22.3. The van der Waals surface area contributed by atoms with Gasteiger partial charge in [-0.15, -0.1) is 0 Å². The lowest BCUT2D eigenvalue weighted by Gasteiger charge is -2.12. The molecule has 0 aliphatic carbocycles. The summed E-state index contributed by atoms with van der Waals surface area (Å²) in [6.45, 7) is 0.595. The maximum Gasteiger partial charge on any atom is 0.125 e. The average Bonchev–Trinajstić information content (AvgIpc) is 2.55. The third-order valence-corrected chi connectivity index (χ3v) is 3.65. The first-order chi connectivity index (χ1) is 10.4. The van der Waals surface area contributed by atoms with Gasteiger partial charge < -0.3 is 9.84 Å². The van der Waals surface area contributed by atoms with Gasteiger partial charge in [-0.25, -0.2) is 0 Å². The van der Waals surface area contributed by atoms with Crippen molar-refractivity contribution < 1.29 is 9.84 Å². The highest BCUT2D eigenvalue weighted by Crippen LogP contribution is 2.28. The van der Waals surface area contributed by atoms with E-state index in [0.717, 1.165) is 28.5 Å². The number of aliphatic hydroxyl groups excluding tert-OH is 1. The van der Waals surface area contributed by atoms with E-state index in [4.69, 9.17) is 4.74 Å². The molecule has 0 amide bonds. The standard InChI is InChI=1S/C19H18O2/c20-14-18-17-9-5-4-8-16(17)10-11-19(18)21-13-12-15-6-2-1-3-7-15/h1-11,20H,12-14H2. The number of aliphatic hydroxyl groups is 1. The van der Waals surface area contributed by atoms with Crippen molar-refractivity contribution in [1.29, 1.82) is 0 Å². The number of hydrogen-bond donors (Lipinski definition) is 1. The fourth-order valence-corrected chi connectivity index (χ4v) is 2.54. The molecule has 0 saturated heterocycles. The van der Waals surface area contributed by atoms with Crippen LogP contribution < -0.4 is 4.74 Å². The lowest BCUT2D eigenvalue weighted by Crippen LogP contribution is -2.03. The second-order valence-corrected chi connectivity index (χ2v) is 5.01. The minimum absolute atomic E-state index is 0.0119. The van der Waals surface area contributed by atoms with Crippen LogP contribution in [0, 0.1) is 0 Å². The molecule has 106 valence electrons. The number of ether oxygens (including phenoxy) is 1. The van der Waals surface area contributed by atoms with Crippen molar-refractivity contribution in [2.24, 2.45) is 0 Å². The van der Waals surface area contributed by atoms with Gasteiger partial charge in [-0.05, 0) is 22.4 Å². The van der Waals surface area contributed by atoms with E-state index < -0.39 is 0 Å². The first-order valence-corrected chi connectivity index (χ1v) is 7.16. The minimum Gasteiger partial charge on any atom is -0.493 e. The Balaban J connectivity index is 1.77. The van der Waals surface area contributed by atoms with Gasteiger partial charge in [0.15, 0.2) is 0 Å². The molecule has 0 fully saturated rings. The number of benzene rings is 3. The van der Waals surface area contributed by atoms with Crippen LogP contribution >= 0.6 is 0 Å². The maximum absolute atomic E-state index is 9.65. The fraction of sp³-hybridized carbons (Fsp3) is 0.158. The molecule has 21 heavy (non-hydrogen) atoms. The van der Waals surface area contributed by atoms with E-state index in [1.807, 2.05) is 54.6 Å². The molecule has 3 aromatic carbocycles. The smallest absolute Gasteiger partial charge is 0.125 e. The molecule has 0 unspecified atom stereocenters. The Morgan fingerprint density at radius 3 is 2.38 bits per heavy atom. The van der Waals surface area contributed by atoms with Crippen molar-refractivity contribution in [2.45, 2.75) is 13.0 Å². The Kier molecular flexibility index (Phi) is 4.17. The number of hydrogen-bond acceptors (Lipinski definition) is 2. The van der Waals surface area contributed by atoms with Crippen LogP contribution in [0.15, 0.2) is 66.7 Å². The molecular weight excluding hydrogens is 260 g/mol. The minimum atomic E-state index is -0.0119. The highest BCUT2D eigenvalue weighted by atomic mass is 16.5. The normalized spacial score (nSPS) is 10.7. The lowest BCUT2D eigenvalue weighted by atomic mass is 10.0. The molecule has 3 rings (SSSR count). The van der Waals surface area contributed by atoms with E-state index in [2.05, 4.69) is 12.1 Å². The van der Waals surface area contributed by atoms with Gasteiger partial charge >= 0.3 is 0 Å². The third kappa shape index (κ3) is 3.06. The summed E-state index contributed by atoms with van der Waals surface area (Å²) < 4.78 is 5.88. The maximum atomic E-state index is 9.65.